The van der Waals surface area contributed by atoms with E-state index in [2.05, 4.69) is 21.3 Å². The third-order valence-corrected chi connectivity index (χ3v) is 3.42. The molecule has 0 fully saturated rings. The summed E-state index contributed by atoms with van der Waals surface area (Å²) in [6, 6.07) is 15.5. The third kappa shape index (κ3) is 1.74. The molecule has 3 aromatic heterocycles. The van der Waals surface area contributed by atoms with Crippen molar-refractivity contribution >= 4 is 16.6 Å². The van der Waals surface area contributed by atoms with Crippen LogP contribution in [0.15, 0.2) is 54.9 Å². The average Bonchev–Trinajstić information content (AvgIpc) is 2.97. The van der Waals surface area contributed by atoms with Crippen molar-refractivity contribution in [1.82, 2.24) is 19.6 Å². The van der Waals surface area contributed by atoms with Gasteiger partial charge in [-0.3, -0.25) is 9.38 Å². The highest BCUT2D eigenvalue weighted by atomic mass is 15.2. The standard InChI is InChI=1S/C16H9N5/c17-9-11-5-6-15-19-20-16(21(15)10-11)13-7-8-18-14-4-2-1-3-12(13)14/h1-8,10H. The van der Waals surface area contributed by atoms with Gasteiger partial charge in [-0.05, 0) is 24.3 Å². The lowest BCUT2D eigenvalue weighted by atomic mass is 10.1. The number of pyridine rings is 2. The minimum atomic E-state index is 0.571. The SMILES string of the molecule is N#Cc1ccc2nnc(-c3ccnc4ccccc34)n2c1. The Labute approximate surface area is 120 Å². The molecule has 5 nitrogen and oxygen atoms in total. The van der Waals surface area contributed by atoms with Gasteiger partial charge in [-0.25, -0.2) is 0 Å². The topological polar surface area (TPSA) is 66.9 Å². The Kier molecular flexibility index (Phi) is 2.42. The molecule has 4 aromatic rings. The summed E-state index contributed by atoms with van der Waals surface area (Å²) in [7, 11) is 0. The maximum Gasteiger partial charge on any atom is 0.169 e. The molecule has 0 saturated heterocycles. The molecule has 0 saturated carbocycles. The molecule has 5 heteroatoms. The third-order valence-electron chi connectivity index (χ3n) is 3.42. The van der Waals surface area contributed by atoms with Crippen LogP contribution in [0.3, 0.4) is 0 Å². The molecule has 0 spiro atoms. The van der Waals surface area contributed by atoms with E-state index in [1.807, 2.05) is 34.7 Å². The van der Waals surface area contributed by atoms with Gasteiger partial charge in [0.1, 0.15) is 6.07 Å². The van der Waals surface area contributed by atoms with Crippen molar-refractivity contribution in [2.75, 3.05) is 0 Å². The number of fused-ring (bicyclic) bond motifs is 2. The number of rotatable bonds is 1. The first-order chi connectivity index (χ1) is 10.4. The Hall–Kier alpha value is -3.26. The molecular weight excluding hydrogens is 262 g/mol. The van der Waals surface area contributed by atoms with Crippen LogP contribution in [0.4, 0.5) is 0 Å². The van der Waals surface area contributed by atoms with Crippen LogP contribution in [0.25, 0.3) is 27.9 Å². The molecule has 0 bridgehead atoms. The Morgan fingerprint density at radius 1 is 1.00 bits per heavy atom. The van der Waals surface area contributed by atoms with Crippen LogP contribution < -0.4 is 0 Å². The molecule has 0 aliphatic carbocycles. The quantitative estimate of drug-likeness (QED) is 0.534. The van der Waals surface area contributed by atoms with Crippen molar-refractivity contribution in [3.8, 4) is 17.5 Å². The Bertz CT molecular complexity index is 1000. The highest BCUT2D eigenvalue weighted by molar-refractivity contribution is 5.92. The van der Waals surface area contributed by atoms with Crippen LogP contribution in [-0.4, -0.2) is 19.6 Å². The summed E-state index contributed by atoms with van der Waals surface area (Å²) in [5.41, 5.74) is 3.14. The molecular formula is C16H9N5. The monoisotopic (exact) mass is 271 g/mol. The van der Waals surface area contributed by atoms with Crippen LogP contribution in [0.2, 0.25) is 0 Å². The Morgan fingerprint density at radius 2 is 1.90 bits per heavy atom. The zero-order valence-corrected chi connectivity index (χ0v) is 10.9. The van der Waals surface area contributed by atoms with Crippen molar-refractivity contribution in [3.63, 3.8) is 0 Å². The Morgan fingerprint density at radius 3 is 2.81 bits per heavy atom. The van der Waals surface area contributed by atoms with Gasteiger partial charge in [-0.2, -0.15) is 5.26 Å². The maximum absolute atomic E-state index is 9.05. The van der Waals surface area contributed by atoms with Crippen LogP contribution in [0.1, 0.15) is 5.56 Å². The summed E-state index contributed by atoms with van der Waals surface area (Å²) in [4.78, 5) is 4.36. The minimum absolute atomic E-state index is 0.571. The number of hydrogen-bond acceptors (Lipinski definition) is 4. The number of nitrogens with zero attached hydrogens (tertiary/aromatic N) is 5. The van der Waals surface area contributed by atoms with E-state index in [4.69, 9.17) is 5.26 Å². The van der Waals surface area contributed by atoms with Crippen LogP contribution in [0, 0.1) is 11.3 Å². The van der Waals surface area contributed by atoms with E-state index in [-0.39, 0.29) is 0 Å². The van der Waals surface area contributed by atoms with Crippen LogP contribution in [0.5, 0.6) is 0 Å². The van der Waals surface area contributed by atoms with Gasteiger partial charge < -0.3 is 0 Å². The predicted octanol–water partition coefficient (Wildman–Crippen LogP) is 2.82. The summed E-state index contributed by atoms with van der Waals surface area (Å²) >= 11 is 0. The number of nitriles is 1. The molecule has 1 aromatic carbocycles. The summed E-state index contributed by atoms with van der Waals surface area (Å²) in [5, 5.41) is 18.5. The lowest BCUT2D eigenvalue weighted by Crippen LogP contribution is -1.92. The van der Waals surface area contributed by atoms with Crippen molar-refractivity contribution < 1.29 is 0 Å². The van der Waals surface area contributed by atoms with Gasteiger partial charge in [0.15, 0.2) is 11.5 Å². The number of aromatic nitrogens is 4. The molecule has 0 amide bonds. The van der Waals surface area contributed by atoms with E-state index in [0.29, 0.717) is 17.0 Å². The first-order valence-electron chi connectivity index (χ1n) is 6.46. The van der Waals surface area contributed by atoms with Crippen molar-refractivity contribution in [1.29, 1.82) is 5.26 Å². The molecule has 0 atom stereocenters. The highest BCUT2D eigenvalue weighted by Crippen LogP contribution is 2.26. The zero-order chi connectivity index (χ0) is 14.2. The van der Waals surface area contributed by atoms with E-state index in [0.717, 1.165) is 16.5 Å². The summed E-state index contributed by atoms with van der Waals surface area (Å²) < 4.78 is 1.83. The second-order valence-electron chi connectivity index (χ2n) is 4.66. The lowest BCUT2D eigenvalue weighted by Gasteiger charge is -2.04. The van der Waals surface area contributed by atoms with Gasteiger partial charge in [0.05, 0.1) is 11.1 Å². The zero-order valence-electron chi connectivity index (χ0n) is 10.9. The van der Waals surface area contributed by atoms with Crippen molar-refractivity contribution in [2.45, 2.75) is 0 Å². The number of hydrogen-bond donors (Lipinski definition) is 0. The van der Waals surface area contributed by atoms with Gasteiger partial charge in [-0.1, -0.05) is 18.2 Å². The van der Waals surface area contributed by atoms with E-state index in [1.54, 1.807) is 24.5 Å². The highest BCUT2D eigenvalue weighted by Gasteiger charge is 2.11. The molecule has 0 unspecified atom stereocenters. The van der Waals surface area contributed by atoms with Gasteiger partial charge in [0, 0.05) is 23.3 Å². The maximum atomic E-state index is 9.05. The van der Waals surface area contributed by atoms with E-state index >= 15 is 0 Å². The van der Waals surface area contributed by atoms with E-state index < -0.39 is 0 Å². The van der Waals surface area contributed by atoms with Gasteiger partial charge >= 0.3 is 0 Å². The largest absolute Gasteiger partial charge is 0.281 e. The van der Waals surface area contributed by atoms with Crippen LogP contribution >= 0.6 is 0 Å². The van der Waals surface area contributed by atoms with Gasteiger partial charge in [0.2, 0.25) is 0 Å². The molecule has 0 aliphatic rings. The summed E-state index contributed by atoms with van der Waals surface area (Å²) in [5.74, 6) is 0.709. The second kappa shape index (κ2) is 4.39. The van der Waals surface area contributed by atoms with E-state index in [9.17, 15) is 0 Å². The molecule has 0 radical (unpaired) electrons. The fourth-order valence-electron chi connectivity index (χ4n) is 2.43. The number of benzene rings is 1. The summed E-state index contributed by atoms with van der Waals surface area (Å²) in [6.07, 6.45) is 3.51. The fraction of sp³-hybridized carbons (Fsp3) is 0. The molecule has 0 N–H and O–H groups in total. The van der Waals surface area contributed by atoms with Crippen LogP contribution in [-0.2, 0) is 0 Å². The van der Waals surface area contributed by atoms with Gasteiger partial charge in [-0.15, -0.1) is 10.2 Å². The molecule has 21 heavy (non-hydrogen) atoms. The fourth-order valence-corrected chi connectivity index (χ4v) is 2.43. The first kappa shape index (κ1) is 11.6. The molecule has 3 heterocycles. The smallest absolute Gasteiger partial charge is 0.169 e. The second-order valence-corrected chi connectivity index (χ2v) is 4.66. The first-order valence-corrected chi connectivity index (χ1v) is 6.46. The molecule has 0 aliphatic heterocycles. The van der Waals surface area contributed by atoms with E-state index in [1.165, 1.54) is 0 Å². The minimum Gasteiger partial charge on any atom is -0.281 e. The average molecular weight is 271 g/mol. The predicted molar refractivity (Wildman–Crippen MR) is 78.4 cm³/mol. The van der Waals surface area contributed by atoms with Gasteiger partial charge in [0.25, 0.3) is 0 Å². The molecule has 98 valence electrons. The normalized spacial score (nSPS) is 10.8. The van der Waals surface area contributed by atoms with Crippen molar-refractivity contribution in [2.24, 2.45) is 0 Å². The molecule has 4 rings (SSSR count). The lowest BCUT2D eigenvalue weighted by molar-refractivity contribution is 1.11. The Balaban J connectivity index is 2.07. The summed E-state index contributed by atoms with van der Waals surface area (Å²) in [6.45, 7) is 0. The van der Waals surface area contributed by atoms with Crippen molar-refractivity contribution in [3.05, 3.63) is 60.4 Å². The number of para-hydroxylation sites is 1.